The van der Waals surface area contributed by atoms with E-state index in [0.717, 1.165) is 37.0 Å². The van der Waals surface area contributed by atoms with E-state index in [2.05, 4.69) is 41.8 Å². The highest BCUT2D eigenvalue weighted by molar-refractivity contribution is 5.44. The molecule has 0 aromatic carbocycles. The van der Waals surface area contributed by atoms with Crippen molar-refractivity contribution in [2.24, 2.45) is 7.05 Å². The number of aryl methyl sites for hydroxylation is 2. The summed E-state index contributed by atoms with van der Waals surface area (Å²) >= 11 is 0. The van der Waals surface area contributed by atoms with Gasteiger partial charge in [0.05, 0.1) is 18.8 Å². The van der Waals surface area contributed by atoms with Gasteiger partial charge in [-0.25, -0.2) is 9.97 Å². The zero-order valence-corrected chi connectivity index (χ0v) is 15.3. The van der Waals surface area contributed by atoms with Gasteiger partial charge in [-0.1, -0.05) is 6.92 Å². The fourth-order valence-corrected chi connectivity index (χ4v) is 3.57. The highest BCUT2D eigenvalue weighted by Gasteiger charge is 2.35. The van der Waals surface area contributed by atoms with Crippen LogP contribution in [0.4, 0.5) is 5.82 Å². The summed E-state index contributed by atoms with van der Waals surface area (Å²) in [6.45, 7) is 7.36. The lowest BCUT2D eigenvalue weighted by Gasteiger charge is -2.40. The molecule has 0 aliphatic carbocycles. The molecule has 1 aliphatic rings. The second-order valence-electron chi connectivity index (χ2n) is 6.51. The molecule has 1 saturated heterocycles. The Labute approximate surface area is 152 Å². The van der Waals surface area contributed by atoms with Crippen molar-refractivity contribution >= 4 is 11.6 Å². The molecule has 2 atom stereocenters. The molecule has 26 heavy (non-hydrogen) atoms. The maximum atomic E-state index is 6.13. The van der Waals surface area contributed by atoms with Gasteiger partial charge in [0.25, 0.3) is 5.78 Å². The first-order chi connectivity index (χ1) is 12.7. The van der Waals surface area contributed by atoms with Crippen LogP contribution >= 0.6 is 0 Å². The van der Waals surface area contributed by atoms with E-state index in [-0.39, 0.29) is 12.1 Å². The summed E-state index contributed by atoms with van der Waals surface area (Å²) in [5.74, 6) is 2.48. The lowest BCUT2D eigenvalue weighted by molar-refractivity contribution is -0.0675. The number of nitrogens with one attached hydrogen (secondary N) is 1. The fourth-order valence-electron chi connectivity index (χ4n) is 3.57. The molecule has 3 aromatic rings. The van der Waals surface area contributed by atoms with Crippen molar-refractivity contribution in [2.45, 2.75) is 26.0 Å². The van der Waals surface area contributed by atoms with Crippen LogP contribution in [0.1, 0.15) is 24.5 Å². The highest BCUT2D eigenvalue weighted by atomic mass is 16.5. The van der Waals surface area contributed by atoms with Crippen LogP contribution in [0, 0.1) is 6.92 Å². The normalized spacial score (nSPS) is 21.3. The minimum Gasteiger partial charge on any atom is -0.373 e. The van der Waals surface area contributed by atoms with Crippen molar-refractivity contribution in [2.75, 3.05) is 31.6 Å². The van der Waals surface area contributed by atoms with Crippen molar-refractivity contribution in [3.63, 3.8) is 0 Å². The molecule has 0 bridgehead atoms. The monoisotopic (exact) mass is 356 g/mol. The zero-order chi connectivity index (χ0) is 18.1. The molecule has 1 aliphatic heterocycles. The second-order valence-corrected chi connectivity index (χ2v) is 6.51. The van der Waals surface area contributed by atoms with E-state index in [9.17, 15) is 0 Å². The van der Waals surface area contributed by atoms with Crippen LogP contribution in [0.25, 0.3) is 5.78 Å². The lowest BCUT2D eigenvalue weighted by Crippen LogP contribution is -2.48. The van der Waals surface area contributed by atoms with Gasteiger partial charge in [-0.3, -0.25) is 4.90 Å². The van der Waals surface area contributed by atoms with Gasteiger partial charge in [0.2, 0.25) is 0 Å². The third-order valence-corrected chi connectivity index (χ3v) is 4.85. The summed E-state index contributed by atoms with van der Waals surface area (Å²) in [7, 11) is 2.03. The van der Waals surface area contributed by atoms with Gasteiger partial charge < -0.3 is 14.6 Å². The first-order valence-corrected chi connectivity index (χ1v) is 8.91. The van der Waals surface area contributed by atoms with Gasteiger partial charge in [-0.05, 0) is 13.5 Å². The largest absolute Gasteiger partial charge is 0.373 e. The van der Waals surface area contributed by atoms with Crippen molar-refractivity contribution < 1.29 is 4.74 Å². The summed E-state index contributed by atoms with van der Waals surface area (Å²) in [6, 6.07) is 2.08. The Bertz CT molecular complexity index is 888. The Morgan fingerprint density at radius 3 is 3.00 bits per heavy atom. The smallest absolute Gasteiger partial charge is 0.254 e. The average molecular weight is 356 g/mol. The molecule has 4 rings (SSSR count). The van der Waals surface area contributed by atoms with Crippen LogP contribution in [-0.2, 0) is 11.8 Å². The molecule has 3 aromatic heterocycles. The quantitative estimate of drug-likeness (QED) is 0.731. The Kier molecular flexibility index (Phi) is 4.56. The second kappa shape index (κ2) is 7.00. The van der Waals surface area contributed by atoms with E-state index in [1.54, 1.807) is 4.52 Å². The van der Waals surface area contributed by atoms with Crippen molar-refractivity contribution in [3.8, 4) is 0 Å². The standard InChI is InChI=1S/C17H24N8O/c1-4-24-7-8-26-13(15(24)16-18-5-6-23(16)3)10-19-14-9-12(2)22-17-20-11-21-25(14)17/h5-6,9,11,13,15,19H,4,7-8,10H2,1-3H3/t13-,15+/m0/s1. The third-order valence-electron chi connectivity index (χ3n) is 4.85. The number of ether oxygens (including phenoxy) is 1. The Morgan fingerprint density at radius 1 is 1.35 bits per heavy atom. The first kappa shape index (κ1) is 16.9. The summed E-state index contributed by atoms with van der Waals surface area (Å²) in [5.41, 5.74) is 0.897. The molecular formula is C17H24N8O. The topological polar surface area (TPSA) is 85.4 Å². The minimum atomic E-state index is -0.0168. The van der Waals surface area contributed by atoms with Gasteiger partial charge in [0, 0.05) is 44.3 Å². The summed E-state index contributed by atoms with van der Waals surface area (Å²) in [6.07, 6.45) is 5.32. The molecule has 0 radical (unpaired) electrons. The molecule has 138 valence electrons. The predicted octanol–water partition coefficient (Wildman–Crippen LogP) is 1.04. The number of likely N-dealkylation sites (N-methyl/N-ethyl adjacent to an activating group) is 1. The number of nitrogens with zero attached hydrogens (tertiary/aromatic N) is 7. The van der Waals surface area contributed by atoms with Crippen molar-refractivity contribution in [1.82, 2.24) is 34.0 Å². The molecule has 0 amide bonds. The SMILES string of the molecule is CCN1CCO[C@@H](CNc2cc(C)nc3ncnn23)[C@@H]1c1nccn1C. The molecule has 9 nitrogen and oxygen atoms in total. The summed E-state index contributed by atoms with van der Waals surface area (Å²) < 4.78 is 9.91. The number of rotatable bonds is 5. The summed E-state index contributed by atoms with van der Waals surface area (Å²) in [5, 5.41) is 7.72. The number of anilines is 1. The molecule has 9 heteroatoms. The molecule has 4 heterocycles. The van der Waals surface area contributed by atoms with Crippen molar-refractivity contribution in [3.05, 3.63) is 36.3 Å². The van der Waals surface area contributed by atoms with Gasteiger partial charge in [-0.15, -0.1) is 0 Å². The molecule has 0 saturated carbocycles. The van der Waals surface area contributed by atoms with Crippen LogP contribution in [0.3, 0.4) is 0 Å². The van der Waals surface area contributed by atoms with Crippen LogP contribution in [0.15, 0.2) is 24.8 Å². The number of hydrogen-bond acceptors (Lipinski definition) is 7. The summed E-state index contributed by atoms with van der Waals surface area (Å²) in [4.78, 5) is 15.5. The van der Waals surface area contributed by atoms with E-state index in [1.165, 1.54) is 6.33 Å². The van der Waals surface area contributed by atoms with Gasteiger partial charge in [0.1, 0.15) is 18.0 Å². The number of hydrogen-bond donors (Lipinski definition) is 1. The van der Waals surface area contributed by atoms with E-state index >= 15 is 0 Å². The average Bonchev–Trinajstić information content (AvgIpc) is 3.27. The molecule has 1 N–H and O–H groups in total. The maximum absolute atomic E-state index is 6.13. The zero-order valence-electron chi connectivity index (χ0n) is 15.3. The third kappa shape index (κ3) is 3.04. The Balaban J connectivity index is 1.59. The highest BCUT2D eigenvalue weighted by Crippen LogP contribution is 2.28. The van der Waals surface area contributed by atoms with Crippen LogP contribution < -0.4 is 5.32 Å². The molecule has 0 spiro atoms. The van der Waals surface area contributed by atoms with Crippen LogP contribution in [0.2, 0.25) is 0 Å². The van der Waals surface area contributed by atoms with Crippen molar-refractivity contribution in [1.29, 1.82) is 0 Å². The maximum Gasteiger partial charge on any atom is 0.254 e. The number of aromatic nitrogens is 6. The Hall–Kier alpha value is -2.52. The van der Waals surface area contributed by atoms with Crippen LogP contribution in [0.5, 0.6) is 0 Å². The van der Waals surface area contributed by atoms with E-state index in [0.29, 0.717) is 12.3 Å². The van der Waals surface area contributed by atoms with E-state index < -0.39 is 0 Å². The number of fused-ring (bicyclic) bond motifs is 1. The van der Waals surface area contributed by atoms with Gasteiger partial charge in [-0.2, -0.15) is 14.6 Å². The molecular weight excluding hydrogens is 332 g/mol. The van der Waals surface area contributed by atoms with Gasteiger partial charge in [0.15, 0.2) is 0 Å². The fraction of sp³-hybridized carbons (Fsp3) is 0.529. The first-order valence-electron chi connectivity index (χ1n) is 8.91. The number of morpholine rings is 1. The molecule has 1 fully saturated rings. The predicted molar refractivity (Wildman–Crippen MR) is 96.9 cm³/mol. The molecule has 0 unspecified atom stereocenters. The van der Waals surface area contributed by atoms with Gasteiger partial charge >= 0.3 is 0 Å². The Morgan fingerprint density at radius 2 is 2.23 bits per heavy atom. The van der Waals surface area contributed by atoms with E-state index in [1.807, 2.05) is 32.4 Å². The lowest BCUT2D eigenvalue weighted by atomic mass is 10.1. The minimum absolute atomic E-state index is 0.0168. The number of imidazole rings is 1. The van der Waals surface area contributed by atoms with Crippen LogP contribution in [-0.4, -0.2) is 66.4 Å². The van der Waals surface area contributed by atoms with E-state index in [4.69, 9.17) is 4.74 Å².